The van der Waals surface area contributed by atoms with Gasteiger partial charge in [-0.05, 0) is 61.0 Å². The zero-order valence-corrected chi connectivity index (χ0v) is 17.3. The van der Waals surface area contributed by atoms with E-state index >= 15 is 0 Å². The Labute approximate surface area is 186 Å². The minimum Gasteiger partial charge on any atom is -0.457 e. The van der Waals surface area contributed by atoms with E-state index in [9.17, 15) is 24.5 Å². The number of nitro benzene ring substituents is 1. The van der Waals surface area contributed by atoms with E-state index in [0.29, 0.717) is 21.9 Å². The topological polar surface area (TPSA) is 123 Å². The van der Waals surface area contributed by atoms with E-state index in [1.54, 1.807) is 25.1 Å². The molecule has 2 aromatic carbocycles. The number of urea groups is 1. The number of anilines is 1. The van der Waals surface area contributed by atoms with Crippen LogP contribution in [0.2, 0.25) is 5.02 Å². The summed E-state index contributed by atoms with van der Waals surface area (Å²) < 4.78 is 5.73. The van der Waals surface area contributed by atoms with Gasteiger partial charge in [0.25, 0.3) is 17.5 Å². The third kappa shape index (κ3) is 3.88. The lowest BCUT2D eigenvalue weighted by Crippen LogP contribution is -2.54. The molecule has 3 aromatic rings. The summed E-state index contributed by atoms with van der Waals surface area (Å²) in [6.07, 6.45) is 1.23. The van der Waals surface area contributed by atoms with Gasteiger partial charge >= 0.3 is 6.03 Å². The van der Waals surface area contributed by atoms with Gasteiger partial charge in [-0.2, -0.15) is 0 Å². The predicted molar refractivity (Wildman–Crippen MR) is 116 cm³/mol. The molecule has 0 bridgehead atoms. The molecular weight excluding hydrogens is 438 g/mol. The second kappa shape index (κ2) is 8.12. The normalized spacial score (nSPS) is 15.2. The number of rotatable bonds is 4. The second-order valence-electron chi connectivity index (χ2n) is 6.89. The zero-order chi connectivity index (χ0) is 23.0. The van der Waals surface area contributed by atoms with E-state index in [4.69, 9.17) is 16.0 Å². The average Bonchev–Trinajstić information content (AvgIpc) is 3.20. The number of aryl methyl sites for hydroxylation is 1. The summed E-state index contributed by atoms with van der Waals surface area (Å²) in [4.78, 5) is 48.7. The lowest BCUT2D eigenvalue weighted by atomic mass is 10.1. The van der Waals surface area contributed by atoms with E-state index in [-0.39, 0.29) is 22.7 Å². The van der Waals surface area contributed by atoms with Gasteiger partial charge in [0.2, 0.25) is 0 Å². The number of non-ortho nitro benzene ring substituents is 1. The Morgan fingerprint density at radius 3 is 2.44 bits per heavy atom. The molecule has 0 saturated carbocycles. The molecular formula is C22H14ClN3O6. The van der Waals surface area contributed by atoms with Crippen LogP contribution in [0.3, 0.4) is 0 Å². The maximum absolute atomic E-state index is 12.9. The van der Waals surface area contributed by atoms with Gasteiger partial charge in [-0.25, -0.2) is 9.69 Å². The molecule has 32 heavy (non-hydrogen) atoms. The monoisotopic (exact) mass is 451 g/mol. The molecule has 4 amide bonds. The minimum atomic E-state index is -0.874. The molecule has 1 fully saturated rings. The molecule has 1 N–H and O–H groups in total. The molecule has 1 aliphatic heterocycles. The van der Waals surface area contributed by atoms with Crippen LogP contribution in [0.1, 0.15) is 11.3 Å². The Hall–Kier alpha value is -4.24. The van der Waals surface area contributed by atoms with Gasteiger partial charge in [-0.3, -0.25) is 25.0 Å². The van der Waals surface area contributed by atoms with Gasteiger partial charge < -0.3 is 4.42 Å². The standard InChI is InChI=1S/C22H14ClN3O6/c1-12-10-15(26(30)31)6-8-17(12)19-9-7-16(32-19)11-18-20(27)24-22(29)25(21(18)28)14-4-2-13(23)3-5-14/h2-11H,1H3,(H,24,27,29). The maximum Gasteiger partial charge on any atom is 0.335 e. The van der Waals surface area contributed by atoms with Crippen molar-refractivity contribution in [1.29, 1.82) is 0 Å². The van der Waals surface area contributed by atoms with Crippen molar-refractivity contribution in [3.8, 4) is 11.3 Å². The number of nitro groups is 1. The third-order valence-electron chi connectivity index (χ3n) is 4.79. The van der Waals surface area contributed by atoms with Crippen LogP contribution < -0.4 is 10.2 Å². The molecule has 4 rings (SSSR count). The maximum atomic E-state index is 12.9. The first-order valence-electron chi connectivity index (χ1n) is 9.27. The van der Waals surface area contributed by atoms with Crippen LogP contribution in [0, 0.1) is 17.0 Å². The van der Waals surface area contributed by atoms with Crippen molar-refractivity contribution in [2.75, 3.05) is 4.90 Å². The number of barbiturate groups is 1. The van der Waals surface area contributed by atoms with E-state index in [1.807, 2.05) is 0 Å². The van der Waals surface area contributed by atoms with Gasteiger partial charge in [-0.15, -0.1) is 0 Å². The van der Waals surface area contributed by atoms with Crippen molar-refractivity contribution in [3.05, 3.63) is 86.6 Å². The van der Waals surface area contributed by atoms with Crippen LogP contribution in [0.4, 0.5) is 16.2 Å². The number of furan rings is 1. The van der Waals surface area contributed by atoms with Gasteiger partial charge in [0.15, 0.2) is 0 Å². The smallest absolute Gasteiger partial charge is 0.335 e. The number of nitrogens with one attached hydrogen (secondary N) is 1. The van der Waals surface area contributed by atoms with Crippen molar-refractivity contribution in [2.24, 2.45) is 0 Å². The largest absolute Gasteiger partial charge is 0.457 e. The highest BCUT2D eigenvalue weighted by molar-refractivity contribution is 6.39. The van der Waals surface area contributed by atoms with Crippen LogP contribution in [-0.4, -0.2) is 22.8 Å². The minimum absolute atomic E-state index is 0.0448. The number of amides is 4. The molecule has 1 aromatic heterocycles. The Morgan fingerprint density at radius 2 is 1.78 bits per heavy atom. The summed E-state index contributed by atoms with van der Waals surface area (Å²) in [5.41, 5.74) is 1.16. The van der Waals surface area contributed by atoms with E-state index in [2.05, 4.69) is 5.32 Å². The molecule has 1 saturated heterocycles. The number of hydrogen-bond donors (Lipinski definition) is 1. The molecule has 1 aliphatic rings. The molecule has 0 radical (unpaired) electrons. The summed E-state index contributed by atoms with van der Waals surface area (Å²) in [6.45, 7) is 1.71. The number of carbonyl (C=O) groups excluding carboxylic acids is 3. The molecule has 0 spiro atoms. The first-order chi connectivity index (χ1) is 15.2. The number of carbonyl (C=O) groups is 3. The number of imide groups is 2. The Bertz CT molecular complexity index is 1310. The van der Waals surface area contributed by atoms with E-state index in [1.165, 1.54) is 42.5 Å². The SMILES string of the molecule is Cc1cc([N+](=O)[O-])ccc1-c1ccc(C=C2C(=O)NC(=O)N(c3ccc(Cl)cc3)C2=O)o1. The first kappa shape index (κ1) is 21.0. The molecule has 0 atom stereocenters. The van der Waals surface area contributed by atoms with E-state index in [0.717, 1.165) is 4.90 Å². The highest BCUT2D eigenvalue weighted by Crippen LogP contribution is 2.30. The predicted octanol–water partition coefficient (Wildman–Crippen LogP) is 4.48. The Morgan fingerprint density at radius 1 is 1.06 bits per heavy atom. The van der Waals surface area contributed by atoms with Crippen LogP contribution in [0.15, 0.2) is 64.6 Å². The van der Waals surface area contributed by atoms with E-state index < -0.39 is 22.8 Å². The van der Waals surface area contributed by atoms with Crippen molar-refractivity contribution < 1.29 is 23.7 Å². The zero-order valence-electron chi connectivity index (χ0n) is 16.5. The number of nitrogens with zero attached hydrogens (tertiary/aromatic N) is 2. The quantitative estimate of drug-likeness (QED) is 0.270. The van der Waals surface area contributed by atoms with Crippen LogP contribution in [0.5, 0.6) is 0 Å². The van der Waals surface area contributed by atoms with Crippen LogP contribution in [-0.2, 0) is 9.59 Å². The highest BCUT2D eigenvalue weighted by Gasteiger charge is 2.37. The van der Waals surface area contributed by atoms with Crippen molar-refractivity contribution >= 4 is 46.9 Å². The second-order valence-corrected chi connectivity index (χ2v) is 7.33. The Balaban J connectivity index is 1.66. The lowest BCUT2D eigenvalue weighted by Gasteiger charge is -2.26. The van der Waals surface area contributed by atoms with Gasteiger partial charge in [-0.1, -0.05) is 11.6 Å². The molecule has 0 unspecified atom stereocenters. The first-order valence-corrected chi connectivity index (χ1v) is 9.64. The summed E-state index contributed by atoms with van der Waals surface area (Å²) >= 11 is 5.86. The molecule has 160 valence electrons. The average molecular weight is 452 g/mol. The van der Waals surface area contributed by atoms with Gasteiger partial charge in [0.1, 0.15) is 17.1 Å². The van der Waals surface area contributed by atoms with Gasteiger partial charge in [0.05, 0.1) is 10.6 Å². The fraction of sp³-hybridized carbons (Fsp3) is 0.0455. The van der Waals surface area contributed by atoms with Crippen molar-refractivity contribution in [1.82, 2.24) is 5.32 Å². The molecule has 2 heterocycles. The summed E-state index contributed by atoms with van der Waals surface area (Å²) in [5, 5.41) is 13.5. The highest BCUT2D eigenvalue weighted by atomic mass is 35.5. The van der Waals surface area contributed by atoms with Crippen LogP contribution in [0.25, 0.3) is 17.4 Å². The van der Waals surface area contributed by atoms with Crippen molar-refractivity contribution in [2.45, 2.75) is 6.92 Å². The Kier molecular flexibility index (Phi) is 5.33. The molecule has 10 heteroatoms. The molecule has 9 nitrogen and oxygen atoms in total. The fourth-order valence-corrected chi connectivity index (χ4v) is 3.36. The summed E-state index contributed by atoms with van der Waals surface area (Å²) in [5.74, 6) is -1.07. The number of benzene rings is 2. The molecule has 0 aliphatic carbocycles. The fourth-order valence-electron chi connectivity index (χ4n) is 3.24. The lowest BCUT2D eigenvalue weighted by molar-refractivity contribution is -0.384. The summed E-state index contributed by atoms with van der Waals surface area (Å²) in [6, 6.07) is 12.6. The number of halogens is 1. The van der Waals surface area contributed by atoms with Gasteiger partial charge in [0, 0.05) is 22.7 Å². The van der Waals surface area contributed by atoms with Crippen LogP contribution >= 0.6 is 11.6 Å². The van der Waals surface area contributed by atoms with Crippen molar-refractivity contribution in [3.63, 3.8) is 0 Å². The number of hydrogen-bond acceptors (Lipinski definition) is 6. The third-order valence-corrected chi connectivity index (χ3v) is 5.04. The summed E-state index contributed by atoms with van der Waals surface area (Å²) in [7, 11) is 0.